The molecule has 3 aromatic rings. The maximum absolute atomic E-state index is 12.3. The minimum absolute atomic E-state index is 0.00877. The molecule has 0 saturated carbocycles. The van der Waals surface area contributed by atoms with Gasteiger partial charge in [-0.2, -0.15) is 0 Å². The molecule has 0 bridgehead atoms. The number of imidazole rings is 1. The lowest BCUT2D eigenvalue weighted by Gasteiger charge is -2.19. The van der Waals surface area contributed by atoms with Gasteiger partial charge in [-0.3, -0.25) is 4.79 Å². The van der Waals surface area contributed by atoms with Crippen molar-refractivity contribution in [2.24, 2.45) is 0 Å². The summed E-state index contributed by atoms with van der Waals surface area (Å²) in [6, 6.07) is 7.17. The summed E-state index contributed by atoms with van der Waals surface area (Å²) in [5.41, 5.74) is 2.43. The molecule has 1 atom stereocenters. The van der Waals surface area contributed by atoms with Crippen LogP contribution in [0.15, 0.2) is 36.9 Å². The van der Waals surface area contributed by atoms with Crippen LogP contribution in [-0.4, -0.2) is 37.9 Å². The fourth-order valence-corrected chi connectivity index (χ4v) is 2.47. The number of hydrogen-bond acceptors (Lipinski definition) is 6. The van der Waals surface area contributed by atoms with Gasteiger partial charge in [0.15, 0.2) is 17.6 Å². The number of aromatic amines is 1. The van der Waals surface area contributed by atoms with Crippen LogP contribution >= 0.6 is 0 Å². The summed E-state index contributed by atoms with van der Waals surface area (Å²) in [6.45, 7) is 7.78. The van der Waals surface area contributed by atoms with E-state index >= 15 is 0 Å². The topological polar surface area (TPSA) is 110 Å². The molecule has 0 aliphatic heterocycles. The van der Waals surface area contributed by atoms with Gasteiger partial charge >= 0.3 is 5.97 Å². The van der Waals surface area contributed by atoms with E-state index < -0.39 is 18.0 Å². The van der Waals surface area contributed by atoms with Crippen molar-refractivity contribution < 1.29 is 14.3 Å². The number of nitrogens with zero attached hydrogens (tertiary/aromatic N) is 3. The second-order valence-corrected chi connectivity index (χ2v) is 7.19. The largest absolute Gasteiger partial charge is 0.449 e. The molecule has 2 aromatic heterocycles. The molecule has 8 nitrogen and oxygen atoms in total. The summed E-state index contributed by atoms with van der Waals surface area (Å²) in [7, 11) is 0. The SMILES string of the molecule is CC(OC(=O)c1ccc(C(C)(C)C)cc1)C(=O)Nc1ncnc2nc[nH]c12. The first kappa shape index (κ1) is 18.5. The number of carbonyl (C=O) groups excluding carboxylic acids is 2. The Balaban J connectivity index is 1.65. The highest BCUT2D eigenvalue weighted by atomic mass is 16.5. The Hall–Kier alpha value is -3.29. The standard InChI is InChI=1S/C19H21N5O3/c1-11(17(25)24-16-14-15(21-9-20-14)22-10-23-16)27-18(26)12-5-7-13(8-6-12)19(2,3)4/h5-11H,1-4H3,(H2,20,21,22,23,24,25). The number of carbonyl (C=O) groups is 2. The molecule has 2 heterocycles. The van der Waals surface area contributed by atoms with Crippen LogP contribution in [-0.2, 0) is 14.9 Å². The van der Waals surface area contributed by atoms with E-state index in [1.165, 1.54) is 19.6 Å². The van der Waals surface area contributed by atoms with Crippen molar-refractivity contribution in [3.8, 4) is 0 Å². The molecule has 3 rings (SSSR count). The molecule has 1 unspecified atom stereocenters. The van der Waals surface area contributed by atoms with Crippen LogP contribution in [0.2, 0.25) is 0 Å². The van der Waals surface area contributed by atoms with E-state index in [1.54, 1.807) is 12.1 Å². The molecule has 0 radical (unpaired) electrons. The maximum Gasteiger partial charge on any atom is 0.338 e. The smallest absolute Gasteiger partial charge is 0.338 e. The van der Waals surface area contributed by atoms with Crippen LogP contribution in [0.3, 0.4) is 0 Å². The van der Waals surface area contributed by atoms with Gasteiger partial charge in [0, 0.05) is 0 Å². The van der Waals surface area contributed by atoms with Gasteiger partial charge in [-0.1, -0.05) is 32.9 Å². The summed E-state index contributed by atoms with van der Waals surface area (Å²) >= 11 is 0. The molecule has 27 heavy (non-hydrogen) atoms. The monoisotopic (exact) mass is 367 g/mol. The fraction of sp³-hybridized carbons (Fsp3) is 0.316. The maximum atomic E-state index is 12.3. The van der Waals surface area contributed by atoms with Crippen molar-refractivity contribution in [3.63, 3.8) is 0 Å². The molecule has 2 N–H and O–H groups in total. The second-order valence-electron chi connectivity index (χ2n) is 7.19. The normalized spacial score (nSPS) is 12.6. The number of esters is 1. The second kappa shape index (κ2) is 7.14. The first-order valence-corrected chi connectivity index (χ1v) is 8.52. The third-order valence-corrected chi connectivity index (χ3v) is 4.10. The first-order chi connectivity index (χ1) is 12.8. The Morgan fingerprint density at radius 2 is 1.81 bits per heavy atom. The summed E-state index contributed by atoms with van der Waals surface area (Å²) in [5, 5.41) is 2.62. The Bertz CT molecular complexity index is 973. The van der Waals surface area contributed by atoms with Crippen molar-refractivity contribution in [1.82, 2.24) is 19.9 Å². The van der Waals surface area contributed by atoms with Crippen LogP contribution < -0.4 is 5.32 Å². The molecule has 1 amide bonds. The molecule has 0 fully saturated rings. The van der Waals surface area contributed by atoms with Gasteiger partial charge in [0.05, 0.1) is 11.9 Å². The lowest BCUT2D eigenvalue weighted by Crippen LogP contribution is -2.30. The van der Waals surface area contributed by atoms with Gasteiger partial charge in [-0.05, 0) is 30.0 Å². The summed E-state index contributed by atoms with van der Waals surface area (Å²) in [4.78, 5) is 39.5. The quantitative estimate of drug-likeness (QED) is 0.686. The van der Waals surface area contributed by atoms with E-state index in [1.807, 2.05) is 12.1 Å². The van der Waals surface area contributed by atoms with Gasteiger partial charge in [0.25, 0.3) is 5.91 Å². The van der Waals surface area contributed by atoms with E-state index in [2.05, 4.69) is 46.0 Å². The average Bonchev–Trinajstić information content (AvgIpc) is 3.10. The van der Waals surface area contributed by atoms with Crippen LogP contribution in [0.5, 0.6) is 0 Å². The number of H-pyrrole nitrogens is 1. The number of aromatic nitrogens is 4. The molecule has 8 heteroatoms. The number of nitrogens with one attached hydrogen (secondary N) is 2. The third-order valence-electron chi connectivity index (χ3n) is 4.10. The van der Waals surface area contributed by atoms with Crippen molar-refractivity contribution in [2.75, 3.05) is 5.32 Å². The number of amides is 1. The van der Waals surface area contributed by atoms with Gasteiger partial charge < -0.3 is 15.0 Å². The lowest BCUT2D eigenvalue weighted by atomic mass is 9.87. The molecule has 140 valence electrons. The molecule has 0 spiro atoms. The number of hydrogen-bond donors (Lipinski definition) is 2. The number of rotatable bonds is 4. The average molecular weight is 367 g/mol. The zero-order valence-electron chi connectivity index (χ0n) is 15.6. The highest BCUT2D eigenvalue weighted by molar-refractivity contribution is 6.00. The van der Waals surface area contributed by atoms with Gasteiger partial charge in [-0.15, -0.1) is 0 Å². The highest BCUT2D eigenvalue weighted by Crippen LogP contribution is 2.22. The Labute approximate surface area is 156 Å². The van der Waals surface area contributed by atoms with E-state index in [0.717, 1.165) is 5.56 Å². The number of fused-ring (bicyclic) bond motifs is 1. The van der Waals surface area contributed by atoms with Crippen molar-refractivity contribution in [2.45, 2.75) is 39.2 Å². The Kier molecular flexibility index (Phi) is 4.89. The van der Waals surface area contributed by atoms with Gasteiger partial charge in [0.2, 0.25) is 0 Å². The van der Waals surface area contributed by atoms with Crippen LogP contribution in [0, 0.1) is 0 Å². The van der Waals surface area contributed by atoms with Crippen LogP contribution in [0.25, 0.3) is 11.2 Å². The van der Waals surface area contributed by atoms with E-state index in [-0.39, 0.29) is 11.2 Å². The van der Waals surface area contributed by atoms with Gasteiger partial charge in [-0.25, -0.2) is 19.7 Å². The van der Waals surface area contributed by atoms with Crippen molar-refractivity contribution in [1.29, 1.82) is 0 Å². The van der Waals surface area contributed by atoms with E-state index in [4.69, 9.17) is 4.74 Å². The molecule has 1 aromatic carbocycles. The molecule has 0 aliphatic rings. The zero-order valence-corrected chi connectivity index (χ0v) is 15.6. The Morgan fingerprint density at radius 1 is 1.11 bits per heavy atom. The molecule has 0 aliphatic carbocycles. The molecule has 0 saturated heterocycles. The predicted octanol–water partition coefficient (Wildman–Crippen LogP) is 2.83. The van der Waals surface area contributed by atoms with E-state index in [9.17, 15) is 9.59 Å². The minimum Gasteiger partial charge on any atom is -0.449 e. The number of benzene rings is 1. The first-order valence-electron chi connectivity index (χ1n) is 8.52. The van der Waals surface area contributed by atoms with Gasteiger partial charge in [0.1, 0.15) is 11.8 Å². The third kappa shape index (κ3) is 4.11. The summed E-state index contributed by atoms with van der Waals surface area (Å²) in [6.07, 6.45) is 1.76. The summed E-state index contributed by atoms with van der Waals surface area (Å²) in [5.74, 6) is -0.781. The summed E-state index contributed by atoms with van der Waals surface area (Å²) < 4.78 is 5.27. The molecular weight excluding hydrogens is 346 g/mol. The molecular formula is C19H21N5O3. The van der Waals surface area contributed by atoms with Crippen LogP contribution in [0.1, 0.15) is 43.6 Å². The minimum atomic E-state index is -0.993. The number of ether oxygens (including phenoxy) is 1. The zero-order chi connectivity index (χ0) is 19.6. The van der Waals surface area contributed by atoms with Crippen molar-refractivity contribution in [3.05, 3.63) is 48.0 Å². The van der Waals surface area contributed by atoms with E-state index in [0.29, 0.717) is 16.7 Å². The van der Waals surface area contributed by atoms with Crippen LogP contribution in [0.4, 0.5) is 5.82 Å². The Morgan fingerprint density at radius 3 is 2.48 bits per heavy atom. The highest BCUT2D eigenvalue weighted by Gasteiger charge is 2.21. The lowest BCUT2D eigenvalue weighted by molar-refractivity contribution is -0.123. The van der Waals surface area contributed by atoms with Crippen molar-refractivity contribution >= 4 is 28.9 Å². The predicted molar refractivity (Wildman–Crippen MR) is 100 cm³/mol. The fourth-order valence-electron chi connectivity index (χ4n) is 2.47. The number of anilines is 1.